The maximum absolute atomic E-state index is 5.69. The van der Waals surface area contributed by atoms with Gasteiger partial charge in [0.15, 0.2) is 0 Å². The van der Waals surface area contributed by atoms with Crippen LogP contribution in [0.15, 0.2) is 11.1 Å². The summed E-state index contributed by atoms with van der Waals surface area (Å²) in [7, 11) is 0. The lowest BCUT2D eigenvalue weighted by Crippen LogP contribution is -1.93. The first kappa shape index (κ1) is 9.61. The fraction of sp³-hybridized carbons (Fsp3) is 0.500. The van der Waals surface area contributed by atoms with Crippen LogP contribution in [0.25, 0.3) is 0 Å². The van der Waals surface area contributed by atoms with Crippen LogP contribution in [-0.2, 0) is 0 Å². The van der Waals surface area contributed by atoms with E-state index in [-0.39, 0.29) is 5.38 Å². The molecule has 0 aliphatic rings. The molecule has 0 fully saturated rings. The van der Waals surface area contributed by atoms with Crippen molar-refractivity contribution in [2.45, 2.75) is 11.8 Å². The number of halogens is 3. The van der Waals surface area contributed by atoms with E-state index < -0.39 is 0 Å². The van der Waals surface area contributed by atoms with E-state index in [9.17, 15) is 0 Å². The van der Waals surface area contributed by atoms with Crippen LogP contribution in [0.5, 0.6) is 0 Å². The molecule has 53 valence electrons. The largest absolute Gasteiger partial charge is 0.127 e. The van der Waals surface area contributed by atoms with Crippen LogP contribution in [-0.4, -0.2) is 11.3 Å². The Labute approximate surface area is 70.8 Å². The molecule has 0 nitrogen and oxygen atoms in total. The number of allylic oxidation sites excluding steroid dienone is 2. The highest BCUT2D eigenvalue weighted by molar-refractivity contribution is 6.31. The zero-order chi connectivity index (χ0) is 7.28. The molecule has 0 heterocycles. The van der Waals surface area contributed by atoms with Crippen LogP contribution in [0.4, 0.5) is 0 Å². The highest BCUT2D eigenvalue weighted by atomic mass is 35.5. The molecule has 9 heavy (non-hydrogen) atoms. The van der Waals surface area contributed by atoms with Crippen LogP contribution < -0.4 is 0 Å². The third kappa shape index (κ3) is 6.50. The van der Waals surface area contributed by atoms with Crippen LogP contribution in [0.3, 0.4) is 0 Å². The van der Waals surface area contributed by atoms with Gasteiger partial charge in [-0.1, -0.05) is 17.7 Å². The van der Waals surface area contributed by atoms with Crippen LogP contribution in [0, 0.1) is 6.92 Å². The molecule has 0 aliphatic carbocycles. The van der Waals surface area contributed by atoms with E-state index in [2.05, 4.69) is 6.92 Å². The molecule has 0 saturated carbocycles. The molecular formula is C6H8Cl3. The van der Waals surface area contributed by atoms with Gasteiger partial charge in [-0.2, -0.15) is 0 Å². The van der Waals surface area contributed by atoms with Gasteiger partial charge in [-0.25, -0.2) is 0 Å². The SMILES string of the molecule is [CH2]/C(Cl)=C/C(Cl)CCCl. The molecule has 0 bridgehead atoms. The average molecular weight is 186 g/mol. The van der Waals surface area contributed by atoms with E-state index in [4.69, 9.17) is 34.8 Å². The lowest BCUT2D eigenvalue weighted by atomic mass is 10.3. The summed E-state index contributed by atoms with van der Waals surface area (Å²) in [5.74, 6) is 0.550. The second-order valence-electron chi connectivity index (χ2n) is 1.61. The van der Waals surface area contributed by atoms with Gasteiger partial charge in [0.1, 0.15) is 0 Å². The van der Waals surface area contributed by atoms with Gasteiger partial charge in [0.25, 0.3) is 0 Å². The average Bonchev–Trinajstić information content (AvgIpc) is 1.63. The van der Waals surface area contributed by atoms with Crippen molar-refractivity contribution in [2.24, 2.45) is 0 Å². The summed E-state index contributed by atoms with van der Waals surface area (Å²) in [6, 6.07) is 0. The summed E-state index contributed by atoms with van der Waals surface area (Å²) in [6.07, 6.45) is 2.40. The molecule has 0 aromatic heterocycles. The first-order valence-electron chi connectivity index (χ1n) is 2.56. The lowest BCUT2D eigenvalue weighted by molar-refractivity contribution is 0.973. The zero-order valence-electron chi connectivity index (χ0n) is 4.91. The van der Waals surface area contributed by atoms with Crippen LogP contribution in [0.1, 0.15) is 6.42 Å². The minimum Gasteiger partial charge on any atom is -0.127 e. The Balaban J connectivity index is 3.49. The van der Waals surface area contributed by atoms with Gasteiger partial charge < -0.3 is 0 Å². The predicted molar refractivity (Wildman–Crippen MR) is 44.3 cm³/mol. The van der Waals surface area contributed by atoms with Gasteiger partial charge in [0.2, 0.25) is 0 Å². The summed E-state index contributed by atoms with van der Waals surface area (Å²) in [5.41, 5.74) is 0. The minimum absolute atomic E-state index is 0.0764. The number of hydrogen-bond acceptors (Lipinski definition) is 0. The Morgan fingerprint density at radius 3 is 2.56 bits per heavy atom. The number of alkyl halides is 2. The normalized spacial score (nSPS) is 15.8. The quantitative estimate of drug-likeness (QED) is 0.594. The molecule has 0 aliphatic heterocycles. The highest BCUT2D eigenvalue weighted by Gasteiger charge is 1.97. The van der Waals surface area contributed by atoms with Gasteiger partial charge in [-0.15, -0.1) is 23.2 Å². The van der Waals surface area contributed by atoms with E-state index in [1.807, 2.05) is 0 Å². The molecule has 0 amide bonds. The molecule has 1 unspecified atom stereocenters. The summed E-state index contributed by atoms with van der Waals surface area (Å²) >= 11 is 16.5. The van der Waals surface area contributed by atoms with Gasteiger partial charge in [0, 0.05) is 10.9 Å². The Bertz CT molecular complexity index is 94.5. The molecule has 0 spiro atoms. The molecule has 0 N–H and O–H groups in total. The van der Waals surface area contributed by atoms with Crippen LogP contribution >= 0.6 is 34.8 Å². The van der Waals surface area contributed by atoms with Gasteiger partial charge >= 0.3 is 0 Å². The Hall–Kier alpha value is 0.610. The van der Waals surface area contributed by atoms with E-state index >= 15 is 0 Å². The van der Waals surface area contributed by atoms with Crippen molar-refractivity contribution in [3.63, 3.8) is 0 Å². The fourth-order valence-corrected chi connectivity index (χ4v) is 1.21. The molecule has 0 saturated heterocycles. The third-order valence-corrected chi connectivity index (χ3v) is 1.43. The van der Waals surface area contributed by atoms with E-state index in [0.29, 0.717) is 10.9 Å². The van der Waals surface area contributed by atoms with Gasteiger partial charge in [-0.05, 0) is 13.3 Å². The molecule has 1 atom stereocenters. The first-order valence-corrected chi connectivity index (χ1v) is 3.91. The van der Waals surface area contributed by atoms with Gasteiger partial charge in [-0.3, -0.25) is 0 Å². The summed E-state index contributed by atoms with van der Waals surface area (Å²) < 4.78 is 0. The second-order valence-corrected chi connectivity index (χ2v) is 3.03. The molecular weight excluding hydrogens is 178 g/mol. The predicted octanol–water partition coefficient (Wildman–Crippen LogP) is 3.18. The molecule has 0 aromatic rings. The minimum atomic E-state index is -0.0764. The van der Waals surface area contributed by atoms with Crippen molar-refractivity contribution < 1.29 is 0 Å². The summed E-state index contributed by atoms with van der Waals surface area (Å²) in [4.78, 5) is 0. The lowest BCUT2D eigenvalue weighted by Gasteiger charge is -1.98. The Morgan fingerprint density at radius 1 is 1.67 bits per heavy atom. The Kier molecular flexibility index (Phi) is 5.77. The van der Waals surface area contributed by atoms with E-state index in [1.54, 1.807) is 6.08 Å². The maximum atomic E-state index is 5.69. The highest BCUT2D eigenvalue weighted by Crippen LogP contribution is 2.09. The van der Waals surface area contributed by atoms with Crippen molar-refractivity contribution in [1.29, 1.82) is 0 Å². The van der Waals surface area contributed by atoms with E-state index in [1.165, 1.54) is 0 Å². The zero-order valence-corrected chi connectivity index (χ0v) is 7.18. The number of rotatable bonds is 3. The Morgan fingerprint density at radius 2 is 2.22 bits per heavy atom. The van der Waals surface area contributed by atoms with Crippen molar-refractivity contribution >= 4 is 34.8 Å². The topological polar surface area (TPSA) is 0 Å². The molecule has 0 rings (SSSR count). The van der Waals surface area contributed by atoms with Crippen LogP contribution in [0.2, 0.25) is 0 Å². The first-order chi connectivity index (χ1) is 4.16. The van der Waals surface area contributed by atoms with Crippen molar-refractivity contribution in [2.75, 3.05) is 5.88 Å². The van der Waals surface area contributed by atoms with Crippen molar-refractivity contribution in [3.8, 4) is 0 Å². The standard InChI is InChI=1S/C6H8Cl3/c1-5(8)4-6(9)2-3-7/h4,6H,1-3H2/b5-4-. The monoisotopic (exact) mass is 185 g/mol. The summed E-state index contributed by atoms with van der Waals surface area (Å²) in [5, 5.41) is 0.396. The second kappa shape index (κ2) is 5.40. The molecule has 0 aromatic carbocycles. The summed E-state index contributed by atoms with van der Waals surface area (Å²) in [6.45, 7) is 3.46. The fourth-order valence-electron chi connectivity index (χ4n) is 0.384. The molecule has 3 heteroatoms. The third-order valence-electron chi connectivity index (χ3n) is 0.747. The maximum Gasteiger partial charge on any atom is 0.0541 e. The van der Waals surface area contributed by atoms with Crippen molar-refractivity contribution in [1.82, 2.24) is 0 Å². The van der Waals surface area contributed by atoms with E-state index in [0.717, 1.165) is 6.42 Å². The van der Waals surface area contributed by atoms with Crippen molar-refractivity contribution in [3.05, 3.63) is 18.0 Å². The van der Waals surface area contributed by atoms with Gasteiger partial charge in [0.05, 0.1) is 5.38 Å². The number of hydrogen-bond donors (Lipinski definition) is 0. The molecule has 1 radical (unpaired) electrons. The smallest absolute Gasteiger partial charge is 0.0541 e.